The minimum absolute atomic E-state index is 0.189. The van der Waals surface area contributed by atoms with Crippen molar-refractivity contribution in [3.8, 4) is 11.5 Å². The molecule has 0 aliphatic rings. The number of hydrogen-bond donors (Lipinski definition) is 3. The molecule has 0 unspecified atom stereocenters. The highest BCUT2D eigenvalue weighted by atomic mass is 35.5. The quantitative estimate of drug-likeness (QED) is 0.458. The summed E-state index contributed by atoms with van der Waals surface area (Å²) in [5.74, 6) is 1.89. The van der Waals surface area contributed by atoms with Gasteiger partial charge >= 0.3 is 0 Å². The lowest BCUT2D eigenvalue weighted by Crippen LogP contribution is -2.26. The van der Waals surface area contributed by atoms with Gasteiger partial charge in [0.1, 0.15) is 16.7 Å². The summed E-state index contributed by atoms with van der Waals surface area (Å²) in [7, 11) is 4.85. The molecule has 0 heterocycles. The molecule has 1 aromatic carbocycles. The Kier molecular flexibility index (Phi) is 7.93. The van der Waals surface area contributed by atoms with Crippen LogP contribution in [0.2, 0.25) is 0 Å². The molecule has 0 fully saturated rings. The first-order valence-electron chi connectivity index (χ1n) is 7.81. The molecule has 0 aliphatic carbocycles. The second kappa shape index (κ2) is 9.44. The van der Waals surface area contributed by atoms with Gasteiger partial charge in [-0.25, -0.2) is 0 Å². The molecule has 0 spiro atoms. The van der Waals surface area contributed by atoms with Crippen molar-refractivity contribution in [2.24, 2.45) is 16.9 Å². The molecule has 0 bridgehead atoms. The molecule has 0 radical (unpaired) electrons. The smallest absolute Gasteiger partial charge is 0.127 e. The summed E-state index contributed by atoms with van der Waals surface area (Å²) >= 11 is 6.05. The summed E-state index contributed by atoms with van der Waals surface area (Å²) in [6.45, 7) is 4.91. The maximum atomic E-state index is 6.10. The van der Waals surface area contributed by atoms with Crippen molar-refractivity contribution in [3.05, 3.63) is 46.4 Å². The van der Waals surface area contributed by atoms with E-state index in [9.17, 15) is 0 Å². The number of nitrogens with one attached hydrogen (secondary N) is 1. The van der Waals surface area contributed by atoms with Gasteiger partial charge < -0.3 is 31.0 Å². The van der Waals surface area contributed by atoms with Crippen LogP contribution in [0, 0.1) is 5.41 Å². The third-order valence-corrected chi connectivity index (χ3v) is 3.97. The highest BCUT2D eigenvalue weighted by molar-refractivity contribution is 6.29. The van der Waals surface area contributed by atoms with Crippen LogP contribution in [-0.2, 0) is 11.3 Å². The fraction of sp³-hybridized carbons (Fsp3) is 0.444. The van der Waals surface area contributed by atoms with Crippen molar-refractivity contribution in [1.82, 2.24) is 5.32 Å². The molecule has 140 valence electrons. The van der Waals surface area contributed by atoms with Crippen LogP contribution < -0.4 is 26.3 Å². The molecule has 25 heavy (non-hydrogen) atoms. The summed E-state index contributed by atoms with van der Waals surface area (Å²) in [6, 6.07) is 5.60. The first-order chi connectivity index (χ1) is 11.7. The third-order valence-electron chi connectivity index (χ3n) is 3.77. The summed E-state index contributed by atoms with van der Waals surface area (Å²) in [5.41, 5.74) is 13.2. The molecule has 0 amide bonds. The second-order valence-corrected chi connectivity index (χ2v) is 6.62. The van der Waals surface area contributed by atoms with Crippen molar-refractivity contribution in [3.63, 3.8) is 0 Å². The number of benzene rings is 1. The third kappa shape index (κ3) is 6.07. The van der Waals surface area contributed by atoms with Gasteiger partial charge in [-0.2, -0.15) is 0 Å². The normalized spacial score (nSPS) is 13.3. The van der Waals surface area contributed by atoms with Crippen molar-refractivity contribution in [2.75, 3.05) is 27.9 Å². The Hall–Kier alpha value is -2.05. The predicted octanol–water partition coefficient (Wildman–Crippen LogP) is 2.68. The number of ether oxygens (including phenoxy) is 3. The van der Waals surface area contributed by atoms with E-state index in [1.54, 1.807) is 27.4 Å². The average Bonchev–Trinajstić information content (AvgIpc) is 2.57. The van der Waals surface area contributed by atoms with Gasteiger partial charge in [-0.05, 0) is 23.8 Å². The SMILES string of the molecule is COCC(C)(C)C(/C=C(\N)NCc1ccc(OC)cc1OC)=C(/N)Cl. The summed E-state index contributed by atoms with van der Waals surface area (Å²) in [4.78, 5) is 0. The van der Waals surface area contributed by atoms with Crippen molar-refractivity contribution < 1.29 is 14.2 Å². The van der Waals surface area contributed by atoms with Crippen LogP contribution in [0.25, 0.3) is 0 Å². The Morgan fingerprint density at radius 3 is 2.40 bits per heavy atom. The number of nitrogens with two attached hydrogens (primary N) is 2. The first-order valence-corrected chi connectivity index (χ1v) is 8.19. The van der Waals surface area contributed by atoms with E-state index in [-0.39, 0.29) is 10.6 Å². The van der Waals surface area contributed by atoms with E-state index >= 15 is 0 Å². The van der Waals surface area contributed by atoms with Crippen molar-refractivity contribution in [1.29, 1.82) is 0 Å². The lowest BCUT2D eigenvalue weighted by Gasteiger charge is -2.26. The van der Waals surface area contributed by atoms with Gasteiger partial charge in [0.05, 0.1) is 26.6 Å². The van der Waals surface area contributed by atoms with E-state index in [0.29, 0.717) is 30.3 Å². The highest BCUT2D eigenvalue weighted by Gasteiger charge is 2.24. The number of halogens is 1. The van der Waals surface area contributed by atoms with E-state index in [2.05, 4.69) is 5.32 Å². The van der Waals surface area contributed by atoms with Crippen LogP contribution in [0.1, 0.15) is 19.4 Å². The molecular weight excluding hydrogens is 342 g/mol. The van der Waals surface area contributed by atoms with Gasteiger partial charge in [0, 0.05) is 30.7 Å². The predicted molar refractivity (Wildman–Crippen MR) is 101 cm³/mol. The zero-order chi connectivity index (χ0) is 19.0. The largest absolute Gasteiger partial charge is 0.497 e. The molecule has 6 nitrogen and oxygen atoms in total. The van der Waals surface area contributed by atoms with Gasteiger partial charge in [0.25, 0.3) is 0 Å². The van der Waals surface area contributed by atoms with E-state index < -0.39 is 0 Å². The average molecular weight is 370 g/mol. The molecule has 0 aromatic heterocycles. The van der Waals surface area contributed by atoms with Crippen LogP contribution in [0.4, 0.5) is 0 Å². The van der Waals surface area contributed by atoms with E-state index in [1.807, 2.05) is 32.0 Å². The number of hydrogen-bond acceptors (Lipinski definition) is 6. The zero-order valence-corrected chi connectivity index (χ0v) is 16.2. The van der Waals surface area contributed by atoms with E-state index in [0.717, 1.165) is 11.3 Å². The Balaban J connectivity index is 2.93. The maximum Gasteiger partial charge on any atom is 0.127 e. The standard InChI is InChI=1S/C18H28ClN3O3/c1-18(2,11-23-3)14(17(19)21)9-16(20)22-10-12-6-7-13(24-4)8-15(12)25-5/h6-9,22H,10-11,20-21H2,1-5H3/b16-9+,17-14+. The first kappa shape index (κ1) is 21.0. The van der Waals surface area contributed by atoms with Gasteiger partial charge in [-0.15, -0.1) is 0 Å². The Labute approximate surface area is 154 Å². The van der Waals surface area contributed by atoms with Crippen LogP contribution in [0.5, 0.6) is 11.5 Å². The van der Waals surface area contributed by atoms with E-state index in [1.165, 1.54) is 0 Å². The minimum Gasteiger partial charge on any atom is -0.497 e. The Morgan fingerprint density at radius 2 is 1.88 bits per heavy atom. The lowest BCUT2D eigenvalue weighted by atomic mass is 9.85. The summed E-state index contributed by atoms with van der Waals surface area (Å²) < 4.78 is 15.8. The Morgan fingerprint density at radius 1 is 1.20 bits per heavy atom. The van der Waals surface area contributed by atoms with Crippen LogP contribution in [-0.4, -0.2) is 27.9 Å². The van der Waals surface area contributed by atoms with Gasteiger partial charge in [0.15, 0.2) is 0 Å². The molecule has 0 saturated carbocycles. The van der Waals surface area contributed by atoms with E-state index in [4.69, 9.17) is 37.3 Å². The highest BCUT2D eigenvalue weighted by Crippen LogP contribution is 2.30. The lowest BCUT2D eigenvalue weighted by molar-refractivity contribution is 0.128. The minimum atomic E-state index is -0.370. The van der Waals surface area contributed by atoms with Crippen molar-refractivity contribution in [2.45, 2.75) is 20.4 Å². The molecule has 1 rings (SSSR count). The van der Waals surface area contributed by atoms with Crippen LogP contribution in [0.15, 0.2) is 40.8 Å². The van der Waals surface area contributed by atoms with Gasteiger partial charge in [-0.3, -0.25) is 0 Å². The summed E-state index contributed by atoms with van der Waals surface area (Å²) in [5, 5.41) is 3.33. The molecular formula is C18H28ClN3O3. The number of allylic oxidation sites excluding steroid dienone is 1. The molecule has 1 aromatic rings. The van der Waals surface area contributed by atoms with Gasteiger partial charge in [-0.1, -0.05) is 25.4 Å². The molecule has 7 heteroatoms. The molecule has 0 aliphatic heterocycles. The van der Waals surface area contributed by atoms with Crippen LogP contribution >= 0.6 is 11.6 Å². The van der Waals surface area contributed by atoms with Gasteiger partial charge in [0.2, 0.25) is 0 Å². The zero-order valence-electron chi connectivity index (χ0n) is 15.5. The van der Waals surface area contributed by atoms with Crippen LogP contribution in [0.3, 0.4) is 0 Å². The second-order valence-electron chi connectivity index (χ2n) is 6.21. The fourth-order valence-electron chi connectivity index (χ4n) is 2.43. The molecule has 5 N–H and O–H groups in total. The van der Waals surface area contributed by atoms with Crippen molar-refractivity contribution >= 4 is 11.6 Å². The molecule has 0 atom stereocenters. The summed E-state index contributed by atoms with van der Waals surface area (Å²) in [6.07, 6.45) is 1.73. The monoisotopic (exact) mass is 369 g/mol. The fourth-order valence-corrected chi connectivity index (χ4v) is 2.74. The number of methoxy groups -OCH3 is 3. The number of rotatable bonds is 9. The Bertz CT molecular complexity index is 638. The molecule has 0 saturated heterocycles. The topological polar surface area (TPSA) is 91.8 Å². The maximum absolute atomic E-state index is 6.10.